The van der Waals surface area contributed by atoms with Gasteiger partial charge >= 0.3 is 6.03 Å². The topological polar surface area (TPSA) is 61.4 Å². The van der Waals surface area contributed by atoms with Gasteiger partial charge in [-0.25, -0.2) is 4.79 Å². The van der Waals surface area contributed by atoms with Gasteiger partial charge in [0.05, 0.1) is 12.1 Å². The molecule has 1 aromatic rings. The number of hydrogen-bond donors (Lipinski definition) is 2. The van der Waals surface area contributed by atoms with Crippen molar-refractivity contribution in [3.63, 3.8) is 0 Å². The molecule has 1 aromatic carbocycles. The van der Waals surface area contributed by atoms with Crippen LogP contribution in [0.15, 0.2) is 24.3 Å². The number of amides is 3. The van der Waals surface area contributed by atoms with Crippen LogP contribution in [-0.4, -0.2) is 35.5 Å². The van der Waals surface area contributed by atoms with E-state index >= 15 is 0 Å². The smallest absolute Gasteiger partial charge is 0.322 e. The molecule has 5 nitrogen and oxygen atoms in total. The highest BCUT2D eigenvalue weighted by molar-refractivity contribution is 5.91. The number of benzene rings is 1. The Balaban J connectivity index is 1.65. The van der Waals surface area contributed by atoms with E-state index in [1.54, 1.807) is 4.90 Å². The van der Waals surface area contributed by atoms with Gasteiger partial charge in [0.25, 0.3) is 0 Å². The Bertz CT molecular complexity index is 526. The normalized spacial score (nSPS) is 24.4. The Morgan fingerprint density at radius 2 is 2.15 bits per heavy atom. The highest BCUT2D eigenvalue weighted by atomic mass is 16.2. The first kappa shape index (κ1) is 13.0. The second kappa shape index (κ2) is 5.15. The van der Waals surface area contributed by atoms with E-state index in [1.807, 2.05) is 24.3 Å². The predicted octanol–water partition coefficient (Wildman–Crippen LogP) is 1.74. The fourth-order valence-corrected chi connectivity index (χ4v) is 3.00. The summed E-state index contributed by atoms with van der Waals surface area (Å²) >= 11 is 0. The number of hydrogen-bond acceptors (Lipinski definition) is 2. The van der Waals surface area contributed by atoms with Gasteiger partial charge in [-0.1, -0.05) is 19.1 Å². The lowest BCUT2D eigenvalue weighted by Crippen LogP contribution is -2.41. The third-order valence-corrected chi connectivity index (χ3v) is 4.16. The van der Waals surface area contributed by atoms with E-state index in [4.69, 9.17) is 0 Å². The fraction of sp³-hybridized carbons (Fsp3) is 0.467. The minimum Gasteiger partial charge on any atom is -0.351 e. The van der Waals surface area contributed by atoms with E-state index in [-0.39, 0.29) is 24.0 Å². The summed E-state index contributed by atoms with van der Waals surface area (Å²) in [6, 6.07) is 7.91. The van der Waals surface area contributed by atoms with Crippen LogP contribution < -0.4 is 10.6 Å². The molecule has 2 heterocycles. The number of nitrogens with zero attached hydrogens (tertiary/aromatic N) is 1. The van der Waals surface area contributed by atoms with E-state index in [0.717, 1.165) is 18.5 Å². The fourth-order valence-electron chi connectivity index (χ4n) is 3.00. The molecule has 106 valence electrons. The molecule has 2 aliphatic heterocycles. The molecule has 0 saturated carbocycles. The number of likely N-dealkylation sites (tertiary alicyclic amines) is 1. The summed E-state index contributed by atoms with van der Waals surface area (Å²) in [5.41, 5.74) is 2.04. The average Bonchev–Trinajstić information content (AvgIpc) is 2.98. The standard InChI is InChI=1S/C15H19N3O2/c1-2-10-3-5-11(6-4-10)16-15(20)18-8-7-12-13(18)9-14(19)17-12/h3-6,12-13H,2,7-9H2,1H3,(H,16,20)(H,17,19)/t12-,13+/m0/s1. The molecular weight excluding hydrogens is 254 g/mol. The molecule has 0 aliphatic carbocycles. The van der Waals surface area contributed by atoms with E-state index in [0.29, 0.717) is 13.0 Å². The molecular formula is C15H19N3O2. The van der Waals surface area contributed by atoms with Crippen molar-refractivity contribution < 1.29 is 9.59 Å². The second-order valence-electron chi connectivity index (χ2n) is 5.41. The SMILES string of the molecule is CCc1ccc(NC(=O)N2CC[C@@H]3NC(=O)C[C@H]32)cc1. The van der Waals surface area contributed by atoms with Crippen LogP contribution >= 0.6 is 0 Å². The summed E-state index contributed by atoms with van der Waals surface area (Å²) in [4.78, 5) is 25.5. The van der Waals surface area contributed by atoms with Gasteiger partial charge in [0.2, 0.25) is 5.91 Å². The number of anilines is 1. The molecule has 20 heavy (non-hydrogen) atoms. The van der Waals surface area contributed by atoms with Crippen molar-refractivity contribution in [2.75, 3.05) is 11.9 Å². The molecule has 3 rings (SSSR count). The van der Waals surface area contributed by atoms with Crippen molar-refractivity contribution >= 4 is 17.6 Å². The first-order valence-electron chi connectivity index (χ1n) is 7.13. The van der Waals surface area contributed by atoms with Gasteiger partial charge in [0.1, 0.15) is 0 Å². The van der Waals surface area contributed by atoms with Gasteiger partial charge in [0.15, 0.2) is 0 Å². The van der Waals surface area contributed by atoms with E-state index < -0.39 is 0 Å². The number of aryl methyl sites for hydroxylation is 1. The molecule has 0 aromatic heterocycles. The molecule has 0 bridgehead atoms. The average molecular weight is 273 g/mol. The maximum absolute atomic E-state index is 12.3. The van der Waals surface area contributed by atoms with Crippen molar-refractivity contribution in [3.8, 4) is 0 Å². The highest BCUT2D eigenvalue weighted by Crippen LogP contribution is 2.26. The Morgan fingerprint density at radius 3 is 2.85 bits per heavy atom. The number of carbonyl (C=O) groups is 2. The number of carbonyl (C=O) groups excluding carboxylic acids is 2. The lowest BCUT2D eigenvalue weighted by Gasteiger charge is -2.23. The van der Waals surface area contributed by atoms with Crippen LogP contribution in [0.25, 0.3) is 0 Å². The molecule has 3 amide bonds. The number of nitrogens with one attached hydrogen (secondary N) is 2. The van der Waals surface area contributed by atoms with Crippen LogP contribution in [0.1, 0.15) is 25.3 Å². The molecule has 2 fully saturated rings. The van der Waals surface area contributed by atoms with E-state index in [2.05, 4.69) is 17.6 Å². The third kappa shape index (κ3) is 2.35. The largest absolute Gasteiger partial charge is 0.351 e. The Hall–Kier alpha value is -2.04. The minimum atomic E-state index is -0.113. The summed E-state index contributed by atoms with van der Waals surface area (Å²) in [6.07, 6.45) is 2.25. The van der Waals surface area contributed by atoms with Crippen molar-refractivity contribution in [3.05, 3.63) is 29.8 Å². The van der Waals surface area contributed by atoms with Crippen LogP contribution in [0.5, 0.6) is 0 Å². The zero-order valence-corrected chi connectivity index (χ0v) is 11.6. The molecule has 2 saturated heterocycles. The van der Waals surface area contributed by atoms with Crippen molar-refractivity contribution in [1.82, 2.24) is 10.2 Å². The zero-order chi connectivity index (χ0) is 14.1. The molecule has 5 heteroatoms. The summed E-state index contributed by atoms with van der Waals surface area (Å²) in [5, 5.41) is 5.83. The number of rotatable bonds is 2. The van der Waals surface area contributed by atoms with Crippen LogP contribution in [0.3, 0.4) is 0 Å². The van der Waals surface area contributed by atoms with Crippen molar-refractivity contribution in [2.24, 2.45) is 0 Å². The van der Waals surface area contributed by atoms with Gasteiger partial charge in [0, 0.05) is 18.7 Å². The first-order chi connectivity index (χ1) is 9.67. The summed E-state index contributed by atoms with van der Waals surface area (Å²) in [7, 11) is 0. The lowest BCUT2D eigenvalue weighted by atomic mass is 10.1. The van der Waals surface area contributed by atoms with Gasteiger partial charge in [-0.3, -0.25) is 4.79 Å². The Kier molecular flexibility index (Phi) is 3.34. The highest BCUT2D eigenvalue weighted by Gasteiger charge is 2.43. The maximum Gasteiger partial charge on any atom is 0.322 e. The van der Waals surface area contributed by atoms with Gasteiger partial charge in [-0.05, 0) is 30.5 Å². The molecule has 0 unspecified atom stereocenters. The molecule has 2 atom stereocenters. The van der Waals surface area contributed by atoms with Crippen molar-refractivity contribution in [1.29, 1.82) is 0 Å². The monoisotopic (exact) mass is 273 g/mol. The van der Waals surface area contributed by atoms with Crippen LogP contribution in [0, 0.1) is 0 Å². The lowest BCUT2D eigenvalue weighted by molar-refractivity contribution is -0.119. The number of urea groups is 1. The summed E-state index contributed by atoms with van der Waals surface area (Å²) < 4.78 is 0. The summed E-state index contributed by atoms with van der Waals surface area (Å²) in [6.45, 7) is 2.80. The van der Waals surface area contributed by atoms with Gasteiger partial charge in [-0.2, -0.15) is 0 Å². The van der Waals surface area contributed by atoms with E-state index in [1.165, 1.54) is 5.56 Å². The van der Waals surface area contributed by atoms with Gasteiger partial charge in [-0.15, -0.1) is 0 Å². The Morgan fingerprint density at radius 1 is 1.40 bits per heavy atom. The zero-order valence-electron chi connectivity index (χ0n) is 11.6. The second-order valence-corrected chi connectivity index (χ2v) is 5.41. The Labute approximate surface area is 118 Å². The van der Waals surface area contributed by atoms with Crippen LogP contribution in [0.4, 0.5) is 10.5 Å². The first-order valence-corrected chi connectivity index (χ1v) is 7.13. The van der Waals surface area contributed by atoms with Gasteiger partial charge < -0.3 is 15.5 Å². The van der Waals surface area contributed by atoms with Crippen LogP contribution in [-0.2, 0) is 11.2 Å². The molecule has 2 N–H and O–H groups in total. The minimum absolute atomic E-state index is 0.0115. The third-order valence-electron chi connectivity index (χ3n) is 4.16. The predicted molar refractivity (Wildman–Crippen MR) is 76.5 cm³/mol. The van der Waals surface area contributed by atoms with Crippen LogP contribution in [0.2, 0.25) is 0 Å². The van der Waals surface area contributed by atoms with Crippen molar-refractivity contribution in [2.45, 2.75) is 38.3 Å². The van der Waals surface area contributed by atoms with E-state index in [9.17, 15) is 9.59 Å². The number of fused-ring (bicyclic) bond motifs is 1. The maximum atomic E-state index is 12.3. The molecule has 0 radical (unpaired) electrons. The summed E-state index contributed by atoms with van der Waals surface area (Å²) in [5.74, 6) is 0.0461. The quantitative estimate of drug-likeness (QED) is 0.862. The molecule has 0 spiro atoms. The molecule has 2 aliphatic rings.